The maximum Gasteiger partial charge on any atom is 0.148 e. The van der Waals surface area contributed by atoms with Gasteiger partial charge in [-0.2, -0.15) is 0 Å². The van der Waals surface area contributed by atoms with Crippen LogP contribution in [0.5, 0.6) is 0 Å². The summed E-state index contributed by atoms with van der Waals surface area (Å²) in [4.78, 5) is 22.9. The van der Waals surface area contributed by atoms with E-state index in [9.17, 15) is 0 Å². The van der Waals surface area contributed by atoms with E-state index in [0.717, 1.165) is 106 Å². The summed E-state index contributed by atoms with van der Waals surface area (Å²) in [5.74, 6) is 2.84. The van der Waals surface area contributed by atoms with Crippen molar-refractivity contribution in [1.29, 1.82) is 10.8 Å². The second-order valence-corrected chi connectivity index (χ2v) is 11.0. The highest BCUT2D eigenvalue weighted by molar-refractivity contribution is 7.18. The Labute approximate surface area is 218 Å². The molecule has 0 aliphatic carbocycles. The second-order valence-electron chi connectivity index (χ2n) is 9.88. The van der Waals surface area contributed by atoms with Gasteiger partial charge in [-0.25, -0.2) is 9.97 Å². The van der Waals surface area contributed by atoms with Crippen LogP contribution in [0, 0.1) is 10.8 Å². The molecule has 0 atom stereocenters. The molecule has 2 saturated heterocycles. The Morgan fingerprint density at radius 1 is 0.649 bits per heavy atom. The number of fused-ring (bicyclic) bond motifs is 2. The molecule has 3 aromatic heterocycles. The monoisotopic (exact) mass is 508 g/mol. The third-order valence-electron chi connectivity index (χ3n) is 7.43. The molecule has 2 aliphatic heterocycles. The minimum atomic E-state index is 0.595. The van der Waals surface area contributed by atoms with Crippen molar-refractivity contribution in [1.82, 2.24) is 29.7 Å². The van der Waals surface area contributed by atoms with Crippen molar-refractivity contribution in [2.24, 2.45) is 0 Å². The molecule has 5 heterocycles. The summed E-state index contributed by atoms with van der Waals surface area (Å²) in [5, 5.41) is 17.1. The van der Waals surface area contributed by atoms with Crippen LogP contribution < -0.4 is 0 Å². The van der Waals surface area contributed by atoms with E-state index < -0.39 is 0 Å². The summed E-state index contributed by atoms with van der Waals surface area (Å²) in [5.41, 5.74) is 5.55. The van der Waals surface area contributed by atoms with Crippen molar-refractivity contribution in [2.45, 2.75) is 25.7 Å². The van der Waals surface area contributed by atoms with Crippen LogP contribution in [0.1, 0.15) is 36.8 Å². The molecule has 2 aromatic carbocycles. The number of amidine groups is 2. The Morgan fingerprint density at radius 2 is 1.08 bits per heavy atom. The molecular weight excluding hydrogens is 480 g/mol. The number of aromatic amines is 2. The SMILES string of the molecule is N=C(c1ccc2nc(-c3ccc(-c4nc5ccc(C(=N)N6CCCC6)cc5[nH]4)s3)[nH]c2c1)N1CCCC1. The second kappa shape index (κ2) is 8.85. The predicted octanol–water partition coefficient (Wildman–Crippen LogP) is 5.68. The largest absolute Gasteiger partial charge is 0.357 e. The van der Waals surface area contributed by atoms with Crippen LogP contribution in [0.25, 0.3) is 43.5 Å². The van der Waals surface area contributed by atoms with E-state index in [0.29, 0.717) is 11.7 Å². The van der Waals surface area contributed by atoms with E-state index in [1.807, 2.05) is 36.4 Å². The van der Waals surface area contributed by atoms with Crippen molar-refractivity contribution < 1.29 is 0 Å². The molecule has 9 heteroatoms. The fourth-order valence-electron chi connectivity index (χ4n) is 5.39. The van der Waals surface area contributed by atoms with Crippen molar-refractivity contribution >= 4 is 45.1 Å². The van der Waals surface area contributed by atoms with E-state index >= 15 is 0 Å². The molecule has 8 nitrogen and oxygen atoms in total. The van der Waals surface area contributed by atoms with E-state index in [-0.39, 0.29) is 0 Å². The molecule has 0 bridgehead atoms. The van der Waals surface area contributed by atoms with Crippen LogP contribution in [0.2, 0.25) is 0 Å². The fraction of sp³-hybridized carbons (Fsp3) is 0.286. The van der Waals surface area contributed by atoms with Crippen LogP contribution in [0.15, 0.2) is 48.5 Å². The Bertz CT molecular complexity index is 1520. The van der Waals surface area contributed by atoms with Gasteiger partial charge in [0, 0.05) is 37.3 Å². The van der Waals surface area contributed by atoms with Crippen molar-refractivity contribution in [2.75, 3.05) is 26.2 Å². The van der Waals surface area contributed by atoms with Gasteiger partial charge >= 0.3 is 0 Å². The molecule has 0 amide bonds. The molecule has 4 N–H and O–H groups in total. The Balaban J connectivity index is 1.15. The molecule has 2 aliphatic rings. The normalized spacial score (nSPS) is 15.9. The minimum Gasteiger partial charge on any atom is -0.357 e. The number of H-pyrrole nitrogens is 2. The summed E-state index contributed by atoms with van der Waals surface area (Å²) in [7, 11) is 0. The molecule has 2 fully saturated rings. The van der Waals surface area contributed by atoms with Gasteiger partial charge in [0.25, 0.3) is 0 Å². The van der Waals surface area contributed by atoms with E-state index in [2.05, 4.69) is 31.9 Å². The molecule has 0 spiro atoms. The molecule has 0 saturated carbocycles. The van der Waals surface area contributed by atoms with Gasteiger partial charge in [0.2, 0.25) is 0 Å². The summed E-state index contributed by atoms with van der Waals surface area (Å²) >= 11 is 1.64. The van der Waals surface area contributed by atoms with Crippen molar-refractivity contribution in [3.8, 4) is 21.4 Å². The van der Waals surface area contributed by atoms with Crippen LogP contribution in [-0.2, 0) is 0 Å². The number of thiophene rings is 1. The van der Waals surface area contributed by atoms with Gasteiger partial charge in [0.05, 0.1) is 31.8 Å². The number of nitrogens with one attached hydrogen (secondary N) is 4. The van der Waals surface area contributed by atoms with Gasteiger partial charge in [-0.1, -0.05) is 0 Å². The highest BCUT2D eigenvalue weighted by atomic mass is 32.1. The first kappa shape index (κ1) is 22.2. The molecule has 5 aromatic rings. The lowest BCUT2D eigenvalue weighted by Crippen LogP contribution is -2.27. The van der Waals surface area contributed by atoms with E-state index in [4.69, 9.17) is 20.8 Å². The lowest BCUT2D eigenvalue weighted by Gasteiger charge is -2.18. The first-order valence-corrected chi connectivity index (χ1v) is 13.7. The number of hydrogen-bond acceptors (Lipinski definition) is 5. The standard InChI is InChI=1S/C28H28N8S/c29-25(35-11-1-2-12-35)17-5-7-19-21(15-17)33-27(31-19)23-9-10-24(37-23)28-32-20-8-6-18(16-22(20)34-28)26(30)36-13-3-4-14-36/h5-10,15-16,29-30H,1-4,11-14H2,(H,31,33)(H,32,34). The fourth-order valence-corrected chi connectivity index (χ4v) is 6.28. The van der Waals surface area contributed by atoms with E-state index in [1.165, 1.54) is 0 Å². The molecule has 37 heavy (non-hydrogen) atoms. The van der Waals surface area contributed by atoms with Crippen LogP contribution in [0.4, 0.5) is 0 Å². The number of benzene rings is 2. The van der Waals surface area contributed by atoms with Gasteiger partial charge in [0.15, 0.2) is 0 Å². The lowest BCUT2D eigenvalue weighted by molar-refractivity contribution is 0.517. The number of hydrogen-bond donors (Lipinski definition) is 4. The average molecular weight is 509 g/mol. The quantitative estimate of drug-likeness (QED) is 0.185. The number of aromatic nitrogens is 4. The minimum absolute atomic E-state index is 0.595. The van der Waals surface area contributed by atoms with Crippen LogP contribution in [0.3, 0.4) is 0 Å². The number of nitrogens with zero attached hydrogens (tertiary/aromatic N) is 4. The maximum absolute atomic E-state index is 8.57. The number of rotatable bonds is 4. The zero-order chi connectivity index (χ0) is 24.9. The molecule has 186 valence electrons. The smallest absolute Gasteiger partial charge is 0.148 e. The zero-order valence-corrected chi connectivity index (χ0v) is 21.3. The van der Waals surface area contributed by atoms with Crippen LogP contribution in [-0.4, -0.2) is 67.6 Å². The molecule has 7 rings (SSSR count). The van der Waals surface area contributed by atoms with Gasteiger partial charge < -0.3 is 19.8 Å². The molecule has 0 unspecified atom stereocenters. The van der Waals surface area contributed by atoms with E-state index in [1.54, 1.807) is 11.3 Å². The third kappa shape index (κ3) is 3.99. The van der Waals surface area contributed by atoms with Crippen LogP contribution >= 0.6 is 11.3 Å². The predicted molar refractivity (Wildman–Crippen MR) is 150 cm³/mol. The van der Waals surface area contributed by atoms with Gasteiger partial charge in [0.1, 0.15) is 23.3 Å². The lowest BCUT2D eigenvalue weighted by atomic mass is 10.1. The number of likely N-dealkylation sites (tertiary alicyclic amines) is 2. The molecule has 0 radical (unpaired) electrons. The highest BCUT2D eigenvalue weighted by Gasteiger charge is 2.19. The highest BCUT2D eigenvalue weighted by Crippen LogP contribution is 2.34. The van der Waals surface area contributed by atoms with Gasteiger partial charge in [-0.05, 0) is 74.2 Å². The summed E-state index contributed by atoms with van der Waals surface area (Å²) in [6, 6.07) is 16.2. The van der Waals surface area contributed by atoms with Gasteiger partial charge in [-0.15, -0.1) is 11.3 Å². The number of imidazole rings is 2. The van der Waals surface area contributed by atoms with Crippen molar-refractivity contribution in [3.63, 3.8) is 0 Å². The summed E-state index contributed by atoms with van der Waals surface area (Å²) in [6.07, 6.45) is 4.64. The Morgan fingerprint density at radius 3 is 1.51 bits per heavy atom. The summed E-state index contributed by atoms with van der Waals surface area (Å²) in [6.45, 7) is 3.86. The maximum atomic E-state index is 8.57. The first-order valence-electron chi connectivity index (χ1n) is 12.9. The Hall–Kier alpha value is -3.98. The third-order valence-corrected chi connectivity index (χ3v) is 8.53. The first-order chi connectivity index (χ1) is 18.1. The Kier molecular flexibility index (Phi) is 5.32. The van der Waals surface area contributed by atoms with Gasteiger partial charge in [-0.3, -0.25) is 10.8 Å². The summed E-state index contributed by atoms with van der Waals surface area (Å²) < 4.78 is 0. The topological polar surface area (TPSA) is 112 Å². The average Bonchev–Trinajstić information content (AvgIpc) is 3.75. The van der Waals surface area contributed by atoms with Crippen molar-refractivity contribution in [3.05, 3.63) is 59.7 Å². The zero-order valence-electron chi connectivity index (χ0n) is 20.5. The molecular formula is C28H28N8S.